The molecule has 404 valence electrons. The number of imidazole rings is 3. The number of anilines is 2. The molecule has 9 heterocycles. The van der Waals surface area contributed by atoms with Crippen molar-refractivity contribution in [3.8, 4) is 0 Å². The molecule has 9 rings (SSSR count). The minimum atomic E-state index is -5.68. The van der Waals surface area contributed by atoms with E-state index >= 15 is 0 Å². The number of aryl methyl sites for hydroxylation is 1. The highest BCUT2D eigenvalue weighted by atomic mass is 32.5. The summed E-state index contributed by atoms with van der Waals surface area (Å²) in [5.74, 6) is -0.554. The number of rotatable bonds is 19. The number of hydrogen-bond acceptors (Lipinski definition) is 28. The lowest BCUT2D eigenvalue weighted by Gasteiger charge is -2.28. The minimum absolute atomic E-state index is 0.0111. The maximum atomic E-state index is 13.3. The Labute approximate surface area is 421 Å². The summed E-state index contributed by atoms with van der Waals surface area (Å²) >= 11 is 10.0. The predicted molar refractivity (Wildman–Crippen MR) is 248 cm³/mol. The fraction of sp³-hybridized carbons (Fsp3) is 0.531. The number of phosphoric ester groups is 2. The Kier molecular flexibility index (Phi) is 15.3. The number of nitrogen functional groups attached to an aromatic ring is 2. The summed E-state index contributed by atoms with van der Waals surface area (Å²) in [6, 6.07) is 0. The zero-order valence-corrected chi connectivity index (χ0v) is 42.7. The van der Waals surface area contributed by atoms with Gasteiger partial charge in [-0.15, -0.1) is 0 Å². The van der Waals surface area contributed by atoms with Gasteiger partial charge in [0.05, 0.1) is 45.7 Å². The molecule has 0 radical (unpaired) electrons. The Morgan fingerprint density at radius 3 is 1.88 bits per heavy atom. The molecule has 6 aromatic heterocycles. The predicted octanol–water partition coefficient (Wildman–Crippen LogP) is -4.06. The third kappa shape index (κ3) is 11.0. The lowest BCUT2D eigenvalue weighted by molar-refractivity contribution is -0.646. The summed E-state index contributed by atoms with van der Waals surface area (Å²) in [5, 5.41) is 43.4. The molecule has 0 spiro atoms. The first-order chi connectivity index (χ1) is 34.8. The molecule has 3 saturated heterocycles. The molecule has 3 fully saturated rings. The van der Waals surface area contributed by atoms with Crippen molar-refractivity contribution in [3.05, 3.63) is 52.2 Å². The molecule has 3 aliphatic rings. The number of fused-ring (bicyclic) bond motifs is 3. The van der Waals surface area contributed by atoms with Crippen molar-refractivity contribution in [2.75, 3.05) is 38.4 Å². The van der Waals surface area contributed by atoms with Crippen LogP contribution >= 0.6 is 29.1 Å². The molecule has 0 aliphatic carbocycles. The Balaban J connectivity index is 0.854. The summed E-state index contributed by atoms with van der Waals surface area (Å²) in [5.41, 5.74) is 10.2. The van der Waals surface area contributed by atoms with Gasteiger partial charge in [0.1, 0.15) is 66.8 Å². The number of aliphatic hydroxyl groups is 4. The number of aromatic amines is 2. The first-order valence-electron chi connectivity index (χ1n) is 20.9. The largest absolute Gasteiger partial charge is 0.479 e. The zero-order chi connectivity index (χ0) is 53.4. The summed E-state index contributed by atoms with van der Waals surface area (Å²) in [6.07, 6.45) is -12.3. The van der Waals surface area contributed by atoms with E-state index in [2.05, 4.69) is 48.5 Å². The zero-order valence-electron chi connectivity index (χ0n) is 37.5. The van der Waals surface area contributed by atoms with Crippen LogP contribution in [-0.4, -0.2) is 175 Å². The molecule has 36 nitrogen and oxygen atoms in total. The van der Waals surface area contributed by atoms with Crippen LogP contribution in [-0.2, 0) is 85.5 Å². The second-order valence-electron chi connectivity index (χ2n) is 16.3. The van der Waals surface area contributed by atoms with Crippen LogP contribution in [0, 0.1) is 0 Å². The second-order valence-corrected chi connectivity index (χ2v) is 25.1. The second kappa shape index (κ2) is 20.7. The van der Waals surface area contributed by atoms with E-state index in [9.17, 15) is 58.7 Å². The molecular weight excluding hydrogens is 1120 g/mol. The third-order valence-corrected chi connectivity index (χ3v) is 18.4. The number of nitrogens with one attached hydrogen (secondary N) is 2. The average Bonchev–Trinajstić information content (AvgIpc) is 4.16. The molecule has 0 saturated carbocycles. The molecule has 16 unspecified atom stereocenters. The molecule has 16 atom stereocenters. The number of ether oxygens (including phenoxy) is 4. The summed E-state index contributed by atoms with van der Waals surface area (Å²) < 4.78 is 85.2. The first-order valence-corrected chi connectivity index (χ1v) is 29.1. The van der Waals surface area contributed by atoms with Crippen LogP contribution in [0.3, 0.4) is 0 Å². The van der Waals surface area contributed by atoms with Gasteiger partial charge in [-0.2, -0.15) is 14.5 Å². The van der Waals surface area contributed by atoms with Crippen LogP contribution in [0.1, 0.15) is 18.7 Å². The lowest BCUT2D eigenvalue weighted by atomic mass is 10.1. The van der Waals surface area contributed by atoms with Crippen LogP contribution in [0.25, 0.3) is 33.5 Å². The fourth-order valence-electron chi connectivity index (χ4n) is 8.20. The van der Waals surface area contributed by atoms with E-state index in [4.69, 9.17) is 72.1 Å². The maximum Gasteiger partial charge on any atom is 0.479 e. The highest BCUT2D eigenvalue weighted by Crippen LogP contribution is 2.68. The number of H-pyrrole nitrogens is 2. The van der Waals surface area contributed by atoms with Crippen LogP contribution in [0.5, 0.6) is 0 Å². The van der Waals surface area contributed by atoms with Gasteiger partial charge in [-0.05, 0) is 23.6 Å². The fourth-order valence-corrected chi connectivity index (χ4v) is 14.7. The van der Waals surface area contributed by atoms with Gasteiger partial charge in [0.25, 0.3) is 16.7 Å². The van der Waals surface area contributed by atoms with E-state index in [0.717, 1.165) is 10.9 Å². The number of nitrogens with zero attached hydrogens (tertiary/aromatic N) is 10. The summed E-state index contributed by atoms with van der Waals surface area (Å²) in [4.78, 5) is 97.1. The van der Waals surface area contributed by atoms with Crippen LogP contribution in [0.15, 0.2) is 41.1 Å². The molecule has 3 aliphatic heterocycles. The average molecular weight is 1160 g/mol. The number of nitrogens with two attached hydrogens (primary N) is 2. The van der Waals surface area contributed by atoms with Gasteiger partial charge >= 0.3 is 34.6 Å². The van der Waals surface area contributed by atoms with Gasteiger partial charge < -0.3 is 74.9 Å². The smallest absolute Gasteiger partial charge is 0.387 e. The number of phosphoric acid groups is 2. The topological polar surface area (TPSA) is 502 Å². The van der Waals surface area contributed by atoms with Gasteiger partial charge in [0.15, 0.2) is 29.3 Å². The van der Waals surface area contributed by atoms with E-state index < -0.39 is 134 Å². The number of aromatic nitrogens is 12. The van der Waals surface area contributed by atoms with Crippen molar-refractivity contribution in [3.63, 3.8) is 0 Å². The van der Waals surface area contributed by atoms with E-state index in [0.29, 0.717) is 0 Å². The van der Waals surface area contributed by atoms with Crippen LogP contribution < -0.4 is 27.2 Å². The highest BCUT2D eigenvalue weighted by molar-refractivity contribution is 8.09. The van der Waals surface area contributed by atoms with Crippen molar-refractivity contribution in [1.29, 1.82) is 0 Å². The first kappa shape index (κ1) is 54.7. The van der Waals surface area contributed by atoms with Gasteiger partial charge in [0.2, 0.25) is 24.5 Å². The van der Waals surface area contributed by atoms with E-state index in [-0.39, 0.29) is 45.4 Å². The van der Waals surface area contributed by atoms with Crippen molar-refractivity contribution >= 4 is 98.1 Å². The SMILES string of the molecule is COC1C(OP(O)(=S)OCC2OC(n3cnc4c(=O)[nH]c(N)nc43)C(O)C2O)C(COP(=O)(O)OP(O)(=S)OP(=O)(O)OCC2OC(n3c[n+](C)c4c(=O)[nH]c(N)nc43)C(O)C2O)OC1n1cnc2cncnc21. The normalized spacial score (nSPS) is 30.7. The number of hydrogen-bond donors (Lipinski definition) is 12. The van der Waals surface area contributed by atoms with E-state index in [1.54, 1.807) is 0 Å². The van der Waals surface area contributed by atoms with Crippen molar-refractivity contribution in [2.24, 2.45) is 7.05 Å². The van der Waals surface area contributed by atoms with Crippen LogP contribution in [0.4, 0.5) is 11.9 Å². The molecule has 0 bridgehead atoms. The third-order valence-electron chi connectivity index (χ3n) is 11.4. The van der Waals surface area contributed by atoms with Gasteiger partial charge in [-0.3, -0.25) is 42.3 Å². The molecule has 0 amide bonds. The standard InChI is InChI=1S/C32H42N14O22P4S2/c1-43-10-46(25-16(43)27(52)42-32(34)40-25)29-20(50)17(47)12(64-29)4-60-69(53,54)67-72(58,74)68-70(55,56)61-6-14-21(22(59-2)30(65-14)44-8-37-11-3-35-7-36-23(11)44)66-71(57,73)62-5-13-18(48)19(49)28(63-13)45-9-38-15-24(45)39-31(33)41-26(15)51/h3,7-10,12-14,17-22,28-30,47-50H,4-6H2,1-2H3,(H9-,33,34,39,40,41,42,51,52,53,54,55,56,57,58,73,74)/p+1. The summed E-state index contributed by atoms with van der Waals surface area (Å²) in [7, 11) is -8.61. The van der Waals surface area contributed by atoms with E-state index in [1.807, 2.05) is 0 Å². The lowest BCUT2D eigenvalue weighted by Crippen LogP contribution is -2.37. The van der Waals surface area contributed by atoms with Crippen molar-refractivity contribution < 1.29 is 99.4 Å². The van der Waals surface area contributed by atoms with Gasteiger partial charge in [0, 0.05) is 7.11 Å². The minimum Gasteiger partial charge on any atom is -0.387 e. The Hall–Kier alpha value is -4.11. The number of methoxy groups -OCH3 is 1. The van der Waals surface area contributed by atoms with E-state index in [1.165, 1.54) is 53.0 Å². The summed E-state index contributed by atoms with van der Waals surface area (Å²) in [6.45, 7) is -12.7. The molecule has 6 aromatic rings. The van der Waals surface area contributed by atoms with Crippen LogP contribution in [0.2, 0.25) is 0 Å². The molecule has 74 heavy (non-hydrogen) atoms. The van der Waals surface area contributed by atoms with Crippen molar-refractivity contribution in [1.82, 2.24) is 53.6 Å². The Morgan fingerprint density at radius 2 is 1.24 bits per heavy atom. The Morgan fingerprint density at radius 1 is 0.703 bits per heavy atom. The molecule has 0 aromatic carbocycles. The molecule has 42 heteroatoms. The van der Waals surface area contributed by atoms with Gasteiger partial charge in [-0.1, -0.05) is 0 Å². The molecule has 14 N–H and O–H groups in total. The van der Waals surface area contributed by atoms with Gasteiger partial charge in [-0.25, -0.2) is 42.3 Å². The molecular formula is C32H43N14O22P4S2+. The quantitative estimate of drug-likeness (QED) is 0.0271. The highest BCUT2D eigenvalue weighted by Gasteiger charge is 2.53. The Bertz CT molecular complexity index is 3420. The van der Waals surface area contributed by atoms with Crippen molar-refractivity contribution in [2.45, 2.75) is 73.6 Å². The maximum absolute atomic E-state index is 13.3. The number of aliphatic hydroxyl groups excluding tert-OH is 4. The monoisotopic (exact) mass is 1160 g/mol.